The van der Waals surface area contributed by atoms with Gasteiger partial charge in [-0.2, -0.15) is 0 Å². The molecule has 0 spiro atoms. The average molecular weight is 360 g/mol. The van der Waals surface area contributed by atoms with E-state index in [1.165, 1.54) is 37.8 Å². The first-order valence-electron chi connectivity index (χ1n) is 10.2. The minimum atomic E-state index is -0.0174. The summed E-state index contributed by atoms with van der Waals surface area (Å²) < 4.78 is 5.31. The van der Waals surface area contributed by atoms with Crippen LogP contribution in [0.5, 0.6) is 5.75 Å². The van der Waals surface area contributed by atoms with Gasteiger partial charge >= 0.3 is 6.03 Å². The Bertz CT molecular complexity index is 572. The number of benzene rings is 1. The smallest absolute Gasteiger partial charge is 0.314 e. The number of nitrogens with one attached hydrogen (secondary N) is 2. The lowest BCUT2D eigenvalue weighted by molar-refractivity contribution is 0.239. The van der Waals surface area contributed by atoms with Crippen molar-refractivity contribution in [3.63, 3.8) is 0 Å². The van der Waals surface area contributed by atoms with Gasteiger partial charge < -0.3 is 20.3 Å². The summed E-state index contributed by atoms with van der Waals surface area (Å²) in [5.74, 6) is 2.30. The number of urea groups is 1. The van der Waals surface area contributed by atoms with Crippen molar-refractivity contribution in [1.29, 1.82) is 0 Å². The summed E-state index contributed by atoms with van der Waals surface area (Å²) >= 11 is 0. The van der Waals surface area contributed by atoms with Crippen molar-refractivity contribution in [2.75, 3.05) is 38.2 Å². The summed E-state index contributed by atoms with van der Waals surface area (Å²) in [7, 11) is 1.70. The van der Waals surface area contributed by atoms with Gasteiger partial charge in [0, 0.05) is 37.9 Å². The average Bonchev–Trinajstić information content (AvgIpc) is 3.35. The zero-order valence-corrected chi connectivity index (χ0v) is 16.0. The lowest BCUT2D eigenvalue weighted by Crippen LogP contribution is -2.39. The number of anilines is 1. The third-order valence-electron chi connectivity index (χ3n) is 5.81. The van der Waals surface area contributed by atoms with Crippen LogP contribution in [-0.4, -0.2) is 39.3 Å². The maximum absolute atomic E-state index is 12.0. The molecule has 1 atom stereocenters. The Morgan fingerprint density at radius 2 is 2.04 bits per heavy atom. The molecule has 2 fully saturated rings. The molecule has 0 aromatic heterocycles. The molecule has 2 amide bonds. The Morgan fingerprint density at radius 1 is 1.19 bits per heavy atom. The molecule has 1 saturated heterocycles. The van der Waals surface area contributed by atoms with E-state index < -0.39 is 0 Å². The van der Waals surface area contributed by atoms with Crippen LogP contribution < -0.4 is 20.3 Å². The summed E-state index contributed by atoms with van der Waals surface area (Å²) in [5.41, 5.74) is 1.20. The van der Waals surface area contributed by atoms with Gasteiger partial charge in [-0.15, -0.1) is 0 Å². The molecule has 1 aromatic rings. The quantitative estimate of drug-likeness (QED) is 0.694. The Labute approximate surface area is 157 Å². The maximum atomic E-state index is 12.0. The van der Waals surface area contributed by atoms with Crippen LogP contribution >= 0.6 is 0 Å². The van der Waals surface area contributed by atoms with Crippen molar-refractivity contribution in [3.05, 3.63) is 24.3 Å². The highest BCUT2D eigenvalue weighted by Crippen LogP contribution is 2.28. The number of carbonyl (C=O) groups is 1. The van der Waals surface area contributed by atoms with Gasteiger partial charge in [0.1, 0.15) is 5.75 Å². The lowest BCUT2D eigenvalue weighted by atomic mass is 10.0. The minimum Gasteiger partial charge on any atom is -0.497 e. The van der Waals surface area contributed by atoms with E-state index in [0.717, 1.165) is 50.7 Å². The molecule has 5 heteroatoms. The first-order chi connectivity index (χ1) is 12.7. The molecule has 3 rings (SSSR count). The molecular formula is C21H33N3O2. The van der Waals surface area contributed by atoms with E-state index in [-0.39, 0.29) is 6.03 Å². The maximum Gasteiger partial charge on any atom is 0.314 e. The predicted octanol–water partition coefficient (Wildman–Crippen LogP) is 3.79. The van der Waals surface area contributed by atoms with Crippen LogP contribution in [0.15, 0.2) is 24.3 Å². The number of rotatable bonds is 8. The van der Waals surface area contributed by atoms with Gasteiger partial charge in [-0.3, -0.25) is 0 Å². The SMILES string of the molecule is COc1cccc(N2CCC(CNC(=O)NCCCC3CCCC3)C2)c1. The van der Waals surface area contributed by atoms with Crippen molar-refractivity contribution >= 4 is 11.7 Å². The number of amides is 2. The molecule has 1 aliphatic carbocycles. The number of nitrogens with zero attached hydrogens (tertiary/aromatic N) is 1. The lowest BCUT2D eigenvalue weighted by Gasteiger charge is -2.19. The highest BCUT2D eigenvalue weighted by Gasteiger charge is 2.23. The van der Waals surface area contributed by atoms with Crippen molar-refractivity contribution in [2.45, 2.75) is 44.9 Å². The second-order valence-corrected chi connectivity index (χ2v) is 7.73. The van der Waals surface area contributed by atoms with Crippen LogP contribution in [0, 0.1) is 11.8 Å². The van der Waals surface area contributed by atoms with Crippen LogP contribution in [0.4, 0.5) is 10.5 Å². The van der Waals surface area contributed by atoms with Crippen LogP contribution in [0.2, 0.25) is 0 Å². The summed E-state index contributed by atoms with van der Waals surface area (Å²) in [5, 5.41) is 6.05. The summed E-state index contributed by atoms with van der Waals surface area (Å²) in [6, 6.07) is 8.17. The predicted molar refractivity (Wildman–Crippen MR) is 106 cm³/mol. The number of hydrogen-bond acceptors (Lipinski definition) is 3. The highest BCUT2D eigenvalue weighted by molar-refractivity contribution is 5.73. The molecular weight excluding hydrogens is 326 g/mol. The van der Waals surface area contributed by atoms with Gasteiger partial charge in [0.05, 0.1) is 7.11 Å². The standard InChI is InChI=1S/C21H33N3O2/c1-26-20-10-4-9-19(14-20)24-13-11-18(16-24)15-23-21(25)22-12-5-8-17-6-2-3-7-17/h4,9-10,14,17-18H,2-3,5-8,11-13,15-16H2,1H3,(H2,22,23,25). The fourth-order valence-corrected chi connectivity index (χ4v) is 4.23. The summed E-state index contributed by atoms with van der Waals surface area (Å²) in [4.78, 5) is 14.3. The zero-order chi connectivity index (χ0) is 18.2. The van der Waals surface area contributed by atoms with Crippen LogP contribution in [0.3, 0.4) is 0 Å². The van der Waals surface area contributed by atoms with Gasteiger partial charge in [-0.1, -0.05) is 31.7 Å². The fourth-order valence-electron chi connectivity index (χ4n) is 4.23. The van der Waals surface area contributed by atoms with E-state index in [9.17, 15) is 4.79 Å². The normalized spacial score (nSPS) is 20.3. The van der Waals surface area contributed by atoms with Gasteiger partial charge in [0.15, 0.2) is 0 Å². The molecule has 5 nitrogen and oxygen atoms in total. The van der Waals surface area contributed by atoms with Gasteiger partial charge in [-0.25, -0.2) is 4.79 Å². The Kier molecular flexibility index (Phi) is 7.04. The third-order valence-corrected chi connectivity index (χ3v) is 5.81. The molecule has 26 heavy (non-hydrogen) atoms. The Balaban J connectivity index is 1.30. The van der Waals surface area contributed by atoms with E-state index >= 15 is 0 Å². The number of methoxy groups -OCH3 is 1. The van der Waals surface area contributed by atoms with Crippen LogP contribution in [-0.2, 0) is 0 Å². The summed E-state index contributed by atoms with van der Waals surface area (Å²) in [6.07, 6.45) is 9.04. The van der Waals surface area contributed by atoms with E-state index in [2.05, 4.69) is 27.7 Å². The number of ether oxygens (including phenoxy) is 1. The third kappa shape index (κ3) is 5.55. The highest BCUT2D eigenvalue weighted by atomic mass is 16.5. The minimum absolute atomic E-state index is 0.0174. The monoisotopic (exact) mass is 359 g/mol. The van der Waals surface area contributed by atoms with Crippen LogP contribution in [0.25, 0.3) is 0 Å². The fraction of sp³-hybridized carbons (Fsp3) is 0.667. The van der Waals surface area contributed by atoms with E-state index in [1.807, 2.05) is 12.1 Å². The van der Waals surface area contributed by atoms with Gasteiger partial charge in [-0.05, 0) is 43.2 Å². The molecule has 0 bridgehead atoms. The molecule has 0 radical (unpaired) electrons. The molecule has 1 saturated carbocycles. The second kappa shape index (κ2) is 9.70. The molecule has 2 aliphatic rings. The molecule has 2 N–H and O–H groups in total. The van der Waals surface area contributed by atoms with Crippen molar-refractivity contribution in [3.8, 4) is 5.75 Å². The molecule has 1 unspecified atom stereocenters. The molecule has 1 aliphatic heterocycles. The number of hydrogen-bond donors (Lipinski definition) is 2. The van der Waals surface area contributed by atoms with Gasteiger partial charge in [0.2, 0.25) is 0 Å². The zero-order valence-electron chi connectivity index (χ0n) is 16.0. The first kappa shape index (κ1) is 18.9. The largest absolute Gasteiger partial charge is 0.497 e. The Hall–Kier alpha value is -1.91. The van der Waals surface area contributed by atoms with Crippen LogP contribution in [0.1, 0.15) is 44.9 Å². The topological polar surface area (TPSA) is 53.6 Å². The second-order valence-electron chi connectivity index (χ2n) is 7.73. The van der Waals surface area contributed by atoms with Gasteiger partial charge in [0.25, 0.3) is 0 Å². The molecule has 144 valence electrons. The van der Waals surface area contributed by atoms with Crippen molar-refractivity contribution in [2.24, 2.45) is 11.8 Å². The van der Waals surface area contributed by atoms with E-state index in [0.29, 0.717) is 5.92 Å². The summed E-state index contributed by atoms with van der Waals surface area (Å²) in [6.45, 7) is 3.55. The van der Waals surface area contributed by atoms with Crippen molar-refractivity contribution < 1.29 is 9.53 Å². The van der Waals surface area contributed by atoms with E-state index in [1.54, 1.807) is 7.11 Å². The first-order valence-corrected chi connectivity index (χ1v) is 10.2. The van der Waals surface area contributed by atoms with E-state index in [4.69, 9.17) is 4.74 Å². The Morgan fingerprint density at radius 3 is 2.85 bits per heavy atom. The molecule has 1 heterocycles. The number of carbonyl (C=O) groups excluding carboxylic acids is 1. The molecule has 1 aromatic carbocycles. The van der Waals surface area contributed by atoms with Crippen molar-refractivity contribution in [1.82, 2.24) is 10.6 Å².